The van der Waals surface area contributed by atoms with E-state index < -0.39 is 54.7 Å². The Morgan fingerprint density at radius 3 is 2.46 bits per heavy atom. The molecule has 10 rings (SSSR count). The van der Waals surface area contributed by atoms with Gasteiger partial charge in [-0.1, -0.05) is 103 Å². The first-order valence-electron chi connectivity index (χ1n) is 26.1. The molecule has 1 aromatic heterocycles. The van der Waals surface area contributed by atoms with E-state index in [9.17, 15) is 20.1 Å². The van der Waals surface area contributed by atoms with Crippen LogP contribution < -0.4 is 10.4 Å². The van der Waals surface area contributed by atoms with E-state index in [4.69, 9.17) is 23.4 Å². The third-order valence-corrected chi connectivity index (χ3v) is 16.5. The maximum Gasteiger partial charge on any atom is 0.340 e. The monoisotopic (exact) mass is 974 g/mol. The van der Waals surface area contributed by atoms with Gasteiger partial charge in [-0.25, -0.2) is 9.59 Å². The maximum absolute atomic E-state index is 15.4. The molecule has 2 saturated carbocycles. The molecule has 2 aliphatic carbocycles. The Morgan fingerprint density at radius 2 is 1.68 bits per heavy atom. The zero-order chi connectivity index (χ0) is 49.9. The molecule has 0 unspecified atom stereocenters. The van der Waals surface area contributed by atoms with Crippen LogP contribution in [0.2, 0.25) is 0 Å². The molecule has 376 valence electrons. The fourth-order valence-electron chi connectivity index (χ4n) is 13.0. The second kappa shape index (κ2) is 21.6. The SMILES string of the molecule is CC(C)=C1CCc2ccc3c(c2)CC#CC[C@@]2(C4CCCC4)Oc4ccc5c(CO)c([C@H](CCO)COCO)c(=O)oc5c4[C@@H](OC(=O)C[C@@H]4C[C@H](c5cccc(Cc6ccccc6)c5)CC[C@@H]34)[C@@H]2OC1=O. The molecule has 5 aliphatic rings. The molecule has 4 heterocycles. The Morgan fingerprint density at radius 1 is 0.861 bits per heavy atom. The van der Waals surface area contributed by atoms with Gasteiger partial charge in [0.05, 0.1) is 25.2 Å². The minimum atomic E-state index is -1.31. The van der Waals surface area contributed by atoms with E-state index in [1.54, 1.807) is 12.1 Å². The van der Waals surface area contributed by atoms with Gasteiger partial charge in [0, 0.05) is 47.8 Å². The fourth-order valence-corrected chi connectivity index (χ4v) is 13.0. The van der Waals surface area contributed by atoms with Crippen molar-refractivity contribution in [2.75, 3.05) is 20.0 Å². The second-order valence-electron chi connectivity index (χ2n) is 21.0. The van der Waals surface area contributed by atoms with Crippen molar-refractivity contribution in [3.63, 3.8) is 0 Å². The van der Waals surface area contributed by atoms with Crippen LogP contribution in [0.3, 0.4) is 0 Å². The van der Waals surface area contributed by atoms with Crippen LogP contribution >= 0.6 is 0 Å². The van der Waals surface area contributed by atoms with Gasteiger partial charge in [0.25, 0.3) is 0 Å². The lowest BCUT2D eigenvalue weighted by Crippen LogP contribution is -2.59. The smallest absolute Gasteiger partial charge is 0.340 e. The molecule has 2 fully saturated rings. The van der Waals surface area contributed by atoms with Gasteiger partial charge in [0.1, 0.15) is 18.1 Å². The number of benzene rings is 4. The summed E-state index contributed by atoms with van der Waals surface area (Å²) in [4.78, 5) is 44.9. The average molecular weight is 975 g/mol. The lowest BCUT2D eigenvalue weighted by molar-refractivity contribution is -0.201. The number of rotatable bonds is 11. The van der Waals surface area contributed by atoms with Gasteiger partial charge in [-0.05, 0) is 140 Å². The van der Waals surface area contributed by atoms with Crippen LogP contribution in [0.25, 0.3) is 11.0 Å². The lowest BCUT2D eigenvalue weighted by atomic mass is 9.67. The molecule has 3 aliphatic heterocycles. The highest BCUT2D eigenvalue weighted by Crippen LogP contribution is 2.55. The van der Waals surface area contributed by atoms with Crippen LogP contribution in [0.4, 0.5) is 0 Å². The minimum Gasteiger partial charge on any atom is -0.481 e. The van der Waals surface area contributed by atoms with Crippen molar-refractivity contribution in [3.05, 3.63) is 157 Å². The summed E-state index contributed by atoms with van der Waals surface area (Å²) in [5.74, 6) is 5.67. The Balaban J connectivity index is 1.15. The normalized spacial score (nSPS) is 24.7. The molecule has 5 aromatic rings. The van der Waals surface area contributed by atoms with E-state index in [0.29, 0.717) is 36.0 Å². The lowest BCUT2D eigenvalue weighted by Gasteiger charge is -2.49. The number of aliphatic hydroxyl groups is 3. The van der Waals surface area contributed by atoms with E-state index in [-0.39, 0.29) is 78.4 Å². The van der Waals surface area contributed by atoms with Crippen LogP contribution in [-0.2, 0) is 49.7 Å². The van der Waals surface area contributed by atoms with Gasteiger partial charge in [-0.3, -0.25) is 4.79 Å². The van der Waals surface area contributed by atoms with Crippen LogP contribution in [0.15, 0.2) is 105 Å². The van der Waals surface area contributed by atoms with E-state index in [0.717, 1.165) is 68.1 Å². The Hall–Kier alpha value is -6.03. The van der Waals surface area contributed by atoms with E-state index in [1.807, 2.05) is 19.9 Å². The highest BCUT2D eigenvalue weighted by Gasteiger charge is 2.59. The van der Waals surface area contributed by atoms with Gasteiger partial charge >= 0.3 is 17.6 Å². The molecule has 11 heteroatoms. The molecule has 0 radical (unpaired) electrons. The van der Waals surface area contributed by atoms with E-state index in [1.165, 1.54) is 22.3 Å². The second-order valence-corrected chi connectivity index (χ2v) is 21.0. The molecule has 0 spiro atoms. The summed E-state index contributed by atoms with van der Waals surface area (Å²) in [7, 11) is 0. The Bertz CT molecular complexity index is 2970. The van der Waals surface area contributed by atoms with Crippen molar-refractivity contribution >= 4 is 22.9 Å². The third-order valence-electron chi connectivity index (χ3n) is 16.5. The third kappa shape index (κ3) is 9.79. The first-order valence-corrected chi connectivity index (χ1v) is 26.1. The minimum absolute atomic E-state index is 0.0363. The number of carbonyl (C=O) groups excluding carboxylic acids is 2. The Labute approximate surface area is 421 Å². The maximum atomic E-state index is 15.4. The summed E-state index contributed by atoms with van der Waals surface area (Å²) in [6, 6.07) is 29.5. The van der Waals surface area contributed by atoms with Crippen molar-refractivity contribution in [2.45, 2.75) is 146 Å². The fraction of sp³-hybridized carbons (Fsp3) is 0.459. The standard InChI is InChI=1S/C61H66O11/c1-37(2)47-21-18-39-19-22-48-43(30-39)14-8-9-27-61(46-16-6-7-17-46)58(71-59(47)66)57(55-52(72-61)25-24-50-51(34-63)54(60(67)70-56(50)55)44(26-28-62)35-68-36-64)69-53(65)33-45-32-42(20-23-49(45)48)41-15-10-13-40(31-41)29-38-11-4-3-5-12-38/h3-5,10-13,15,19,22,24-25,30-31,42,44-46,49,57-58,62-64H,6-7,14,16-18,20-21,23,26-29,32-36H2,1-2H3/t42-,44-,45+,49-,57-,58+,61+/m1/s1. The molecular weight excluding hydrogens is 909 g/mol. The van der Waals surface area contributed by atoms with Gasteiger partial charge in [-0.2, -0.15) is 0 Å². The van der Waals surface area contributed by atoms with Crippen LogP contribution in [0.5, 0.6) is 5.75 Å². The van der Waals surface area contributed by atoms with E-state index >= 15 is 9.59 Å². The zero-order valence-corrected chi connectivity index (χ0v) is 41.5. The van der Waals surface area contributed by atoms with E-state index in [2.05, 4.69) is 78.6 Å². The highest BCUT2D eigenvalue weighted by atomic mass is 16.6. The largest absolute Gasteiger partial charge is 0.481 e. The summed E-state index contributed by atoms with van der Waals surface area (Å²) in [5, 5.41) is 31.0. The number of hydrogen-bond donors (Lipinski definition) is 3. The van der Waals surface area contributed by atoms with Crippen molar-refractivity contribution in [1.82, 2.24) is 0 Å². The molecule has 0 amide bonds. The highest BCUT2D eigenvalue weighted by molar-refractivity contribution is 5.90. The first kappa shape index (κ1) is 49.5. The number of aryl methyl sites for hydroxylation is 1. The van der Waals surface area contributed by atoms with Gasteiger partial charge < -0.3 is 38.7 Å². The van der Waals surface area contributed by atoms with Crippen molar-refractivity contribution in [1.29, 1.82) is 0 Å². The molecule has 72 heavy (non-hydrogen) atoms. The molecule has 11 nitrogen and oxygen atoms in total. The summed E-state index contributed by atoms with van der Waals surface area (Å²) >= 11 is 0. The number of ether oxygens (including phenoxy) is 4. The molecular formula is C61H66O11. The molecule has 5 bridgehead atoms. The molecule has 0 saturated heterocycles. The topological polar surface area (TPSA) is 162 Å². The number of allylic oxidation sites excluding steroid dienone is 1. The predicted octanol–water partition coefficient (Wildman–Crippen LogP) is 10.1. The van der Waals surface area contributed by atoms with Gasteiger partial charge in [0.15, 0.2) is 17.8 Å². The van der Waals surface area contributed by atoms with Crippen molar-refractivity contribution in [2.24, 2.45) is 11.8 Å². The number of aliphatic hydroxyl groups excluding tert-OH is 3. The Kier molecular flexibility index (Phi) is 14.9. The number of esters is 2. The number of fused-ring (bicyclic) bond motifs is 9. The van der Waals surface area contributed by atoms with Gasteiger partial charge in [-0.15, -0.1) is 0 Å². The summed E-state index contributed by atoms with van der Waals surface area (Å²) in [6.45, 7) is 2.24. The van der Waals surface area contributed by atoms with Crippen LogP contribution in [0.1, 0.15) is 158 Å². The average Bonchev–Trinajstić information content (AvgIpc) is 3.93. The summed E-state index contributed by atoms with van der Waals surface area (Å²) < 4.78 is 32.9. The first-order chi connectivity index (χ1) is 35.1. The quantitative estimate of drug-likeness (QED) is 0.0380. The molecule has 3 N–H and O–H groups in total. The molecule has 7 atom stereocenters. The number of hydrogen-bond acceptors (Lipinski definition) is 11. The summed E-state index contributed by atoms with van der Waals surface area (Å²) in [5.41, 5.74) is 7.09. The molecule has 4 aromatic carbocycles. The number of carbonyl (C=O) groups is 2. The van der Waals surface area contributed by atoms with Crippen LogP contribution in [-0.4, -0.2) is 59.0 Å². The zero-order valence-electron chi connectivity index (χ0n) is 41.5. The predicted molar refractivity (Wildman–Crippen MR) is 272 cm³/mol. The van der Waals surface area contributed by atoms with Crippen molar-refractivity contribution < 1.29 is 48.3 Å². The summed E-state index contributed by atoms with van der Waals surface area (Å²) in [6.07, 6.45) is 6.14. The van der Waals surface area contributed by atoms with Crippen molar-refractivity contribution in [3.8, 4) is 17.6 Å². The van der Waals surface area contributed by atoms with Gasteiger partial charge in [0.2, 0.25) is 0 Å². The van der Waals surface area contributed by atoms with Crippen LogP contribution in [0, 0.1) is 23.7 Å².